The Bertz CT molecular complexity index is 247. The maximum Gasteiger partial charge on any atom is 0.223 e. The standard InChI is InChI=1S/C15H29NO2/c1-4-14(17)10-7-12(3)16-15(18)13-8-5-11(2)6-9-13/h11-14,17H,4-10H2,1-3H3,(H,16,18). The van der Waals surface area contributed by atoms with Crippen LogP contribution in [0.15, 0.2) is 0 Å². The lowest BCUT2D eigenvalue weighted by atomic mass is 9.82. The van der Waals surface area contributed by atoms with Crippen molar-refractivity contribution < 1.29 is 9.90 Å². The zero-order valence-corrected chi connectivity index (χ0v) is 12.1. The van der Waals surface area contributed by atoms with E-state index in [1.807, 2.05) is 13.8 Å². The van der Waals surface area contributed by atoms with Gasteiger partial charge in [0.25, 0.3) is 0 Å². The average Bonchev–Trinajstić information content (AvgIpc) is 2.36. The Hall–Kier alpha value is -0.570. The molecule has 1 aliphatic carbocycles. The number of nitrogens with one attached hydrogen (secondary N) is 1. The van der Waals surface area contributed by atoms with Crippen molar-refractivity contribution in [2.75, 3.05) is 0 Å². The molecule has 1 amide bonds. The van der Waals surface area contributed by atoms with Gasteiger partial charge in [-0.05, 0) is 57.8 Å². The van der Waals surface area contributed by atoms with Crippen LogP contribution in [0.3, 0.4) is 0 Å². The molecule has 3 heteroatoms. The molecule has 1 saturated carbocycles. The lowest BCUT2D eigenvalue weighted by Crippen LogP contribution is -2.38. The second-order valence-corrected chi connectivity index (χ2v) is 6.01. The second kappa shape index (κ2) is 7.78. The fourth-order valence-electron chi connectivity index (χ4n) is 2.60. The molecule has 0 heterocycles. The van der Waals surface area contributed by atoms with Crippen LogP contribution in [0.25, 0.3) is 0 Å². The van der Waals surface area contributed by atoms with Crippen LogP contribution >= 0.6 is 0 Å². The van der Waals surface area contributed by atoms with E-state index in [4.69, 9.17) is 0 Å². The minimum Gasteiger partial charge on any atom is -0.393 e. The summed E-state index contributed by atoms with van der Waals surface area (Å²) in [5.74, 6) is 1.23. The molecule has 0 spiro atoms. The Kier molecular flexibility index (Phi) is 6.69. The summed E-state index contributed by atoms with van der Waals surface area (Å²) >= 11 is 0. The van der Waals surface area contributed by atoms with Gasteiger partial charge >= 0.3 is 0 Å². The van der Waals surface area contributed by atoms with Crippen LogP contribution in [0.4, 0.5) is 0 Å². The number of hydrogen-bond donors (Lipinski definition) is 2. The van der Waals surface area contributed by atoms with Crippen molar-refractivity contribution in [3.63, 3.8) is 0 Å². The lowest BCUT2D eigenvalue weighted by molar-refractivity contribution is -0.126. The normalized spacial score (nSPS) is 27.6. The van der Waals surface area contributed by atoms with Gasteiger partial charge in [-0.15, -0.1) is 0 Å². The lowest BCUT2D eigenvalue weighted by Gasteiger charge is -2.26. The van der Waals surface area contributed by atoms with Gasteiger partial charge in [-0.25, -0.2) is 0 Å². The summed E-state index contributed by atoms with van der Waals surface area (Å²) in [6.07, 6.45) is 6.65. The monoisotopic (exact) mass is 255 g/mol. The zero-order chi connectivity index (χ0) is 13.5. The van der Waals surface area contributed by atoms with Crippen molar-refractivity contribution in [1.82, 2.24) is 5.32 Å². The van der Waals surface area contributed by atoms with Crippen LogP contribution < -0.4 is 5.32 Å². The van der Waals surface area contributed by atoms with E-state index in [9.17, 15) is 9.90 Å². The van der Waals surface area contributed by atoms with Gasteiger partial charge in [0.1, 0.15) is 0 Å². The molecule has 0 aromatic carbocycles. The Balaban J connectivity index is 2.22. The van der Waals surface area contributed by atoms with Crippen molar-refractivity contribution in [3.8, 4) is 0 Å². The molecule has 2 atom stereocenters. The van der Waals surface area contributed by atoms with Gasteiger partial charge in [-0.3, -0.25) is 4.79 Å². The van der Waals surface area contributed by atoms with Crippen LogP contribution in [-0.4, -0.2) is 23.2 Å². The van der Waals surface area contributed by atoms with Gasteiger partial charge in [-0.1, -0.05) is 13.8 Å². The number of aliphatic hydroxyl groups excluding tert-OH is 1. The Labute approximate surface area is 111 Å². The van der Waals surface area contributed by atoms with Gasteiger partial charge in [0.2, 0.25) is 5.91 Å². The topological polar surface area (TPSA) is 49.3 Å². The molecule has 2 unspecified atom stereocenters. The molecule has 2 N–H and O–H groups in total. The van der Waals surface area contributed by atoms with Crippen molar-refractivity contribution in [2.24, 2.45) is 11.8 Å². The minimum absolute atomic E-state index is 0.179. The van der Waals surface area contributed by atoms with E-state index in [0.29, 0.717) is 0 Å². The Morgan fingerprint density at radius 2 is 1.89 bits per heavy atom. The third kappa shape index (κ3) is 5.38. The van der Waals surface area contributed by atoms with Crippen molar-refractivity contribution in [3.05, 3.63) is 0 Å². The molecule has 0 aliphatic heterocycles. The highest BCUT2D eigenvalue weighted by atomic mass is 16.3. The molecule has 18 heavy (non-hydrogen) atoms. The zero-order valence-electron chi connectivity index (χ0n) is 12.1. The number of carbonyl (C=O) groups excluding carboxylic acids is 1. The van der Waals surface area contributed by atoms with Crippen molar-refractivity contribution in [1.29, 1.82) is 0 Å². The van der Waals surface area contributed by atoms with Crippen LogP contribution in [0.1, 0.15) is 65.7 Å². The predicted octanol–water partition coefficient (Wildman–Crippen LogP) is 2.87. The third-order valence-electron chi connectivity index (χ3n) is 4.18. The molecule has 106 valence electrons. The SMILES string of the molecule is CCC(O)CCC(C)NC(=O)C1CCC(C)CC1. The average molecular weight is 255 g/mol. The number of rotatable bonds is 6. The highest BCUT2D eigenvalue weighted by molar-refractivity contribution is 5.78. The molecule has 0 saturated heterocycles. The van der Waals surface area contributed by atoms with E-state index in [0.717, 1.165) is 38.0 Å². The van der Waals surface area contributed by atoms with Crippen molar-refractivity contribution >= 4 is 5.91 Å². The summed E-state index contributed by atoms with van der Waals surface area (Å²) in [6.45, 7) is 6.28. The van der Waals surface area contributed by atoms with E-state index in [1.54, 1.807) is 0 Å². The van der Waals surface area contributed by atoms with Crippen LogP contribution in [0.5, 0.6) is 0 Å². The maximum atomic E-state index is 12.1. The molecule has 3 nitrogen and oxygen atoms in total. The third-order valence-corrected chi connectivity index (χ3v) is 4.18. The first-order chi connectivity index (χ1) is 8.52. The van der Waals surface area contributed by atoms with Gasteiger partial charge in [0.05, 0.1) is 6.10 Å². The molecule has 0 bridgehead atoms. The quantitative estimate of drug-likeness (QED) is 0.766. The van der Waals surface area contributed by atoms with Gasteiger partial charge in [0.15, 0.2) is 0 Å². The molecule has 0 radical (unpaired) electrons. The molecular formula is C15H29NO2. The second-order valence-electron chi connectivity index (χ2n) is 6.01. The van der Waals surface area contributed by atoms with E-state index in [2.05, 4.69) is 12.2 Å². The summed E-state index contributed by atoms with van der Waals surface area (Å²) in [5.41, 5.74) is 0. The van der Waals surface area contributed by atoms with Crippen LogP contribution in [0, 0.1) is 11.8 Å². The highest BCUT2D eigenvalue weighted by Crippen LogP contribution is 2.28. The largest absolute Gasteiger partial charge is 0.393 e. The number of hydrogen-bond acceptors (Lipinski definition) is 2. The van der Waals surface area contributed by atoms with Gasteiger partial charge in [-0.2, -0.15) is 0 Å². The minimum atomic E-state index is -0.222. The molecule has 1 rings (SSSR count). The summed E-state index contributed by atoms with van der Waals surface area (Å²) in [6, 6.07) is 0.179. The number of aliphatic hydroxyl groups is 1. The number of carbonyl (C=O) groups is 1. The van der Waals surface area contributed by atoms with E-state index in [-0.39, 0.29) is 24.0 Å². The fraction of sp³-hybridized carbons (Fsp3) is 0.933. The maximum absolute atomic E-state index is 12.1. The Morgan fingerprint density at radius 1 is 1.28 bits per heavy atom. The summed E-state index contributed by atoms with van der Waals surface area (Å²) < 4.78 is 0. The Morgan fingerprint density at radius 3 is 2.44 bits per heavy atom. The predicted molar refractivity (Wildman–Crippen MR) is 74.3 cm³/mol. The molecule has 0 aromatic heterocycles. The summed E-state index contributed by atoms with van der Waals surface area (Å²) in [4.78, 5) is 12.1. The smallest absolute Gasteiger partial charge is 0.223 e. The molecule has 1 fully saturated rings. The van der Waals surface area contributed by atoms with Crippen LogP contribution in [-0.2, 0) is 4.79 Å². The van der Waals surface area contributed by atoms with Crippen LogP contribution in [0.2, 0.25) is 0 Å². The first kappa shape index (κ1) is 15.5. The summed E-state index contributed by atoms with van der Waals surface area (Å²) in [5, 5.41) is 12.6. The number of amides is 1. The van der Waals surface area contributed by atoms with Gasteiger partial charge in [0, 0.05) is 12.0 Å². The summed E-state index contributed by atoms with van der Waals surface area (Å²) in [7, 11) is 0. The van der Waals surface area contributed by atoms with E-state index in [1.165, 1.54) is 12.8 Å². The first-order valence-electron chi connectivity index (χ1n) is 7.51. The van der Waals surface area contributed by atoms with Gasteiger partial charge < -0.3 is 10.4 Å². The van der Waals surface area contributed by atoms with Crippen molar-refractivity contribution in [2.45, 2.75) is 77.9 Å². The molecule has 1 aliphatic rings. The van der Waals surface area contributed by atoms with E-state index < -0.39 is 0 Å². The molecular weight excluding hydrogens is 226 g/mol. The fourth-order valence-corrected chi connectivity index (χ4v) is 2.60. The van der Waals surface area contributed by atoms with E-state index >= 15 is 0 Å². The highest BCUT2D eigenvalue weighted by Gasteiger charge is 2.24. The molecule has 0 aromatic rings. The first-order valence-corrected chi connectivity index (χ1v) is 7.51.